The molecule has 1 aromatic rings. The third-order valence-electron chi connectivity index (χ3n) is 7.39. The van der Waals surface area contributed by atoms with Gasteiger partial charge in [0.2, 0.25) is 0 Å². The van der Waals surface area contributed by atoms with Gasteiger partial charge in [-0.25, -0.2) is 0 Å². The predicted molar refractivity (Wildman–Crippen MR) is 113 cm³/mol. The van der Waals surface area contributed by atoms with Gasteiger partial charge in [-0.2, -0.15) is 0 Å². The Morgan fingerprint density at radius 3 is 2.72 bits per heavy atom. The Bertz CT molecular complexity index is 831. The van der Waals surface area contributed by atoms with Crippen molar-refractivity contribution in [3.05, 3.63) is 34.9 Å². The molecule has 2 atom stereocenters. The molecule has 4 rings (SSSR count). The van der Waals surface area contributed by atoms with Crippen molar-refractivity contribution in [1.29, 1.82) is 0 Å². The van der Waals surface area contributed by atoms with E-state index in [4.69, 9.17) is 9.47 Å². The van der Waals surface area contributed by atoms with E-state index in [9.17, 15) is 9.90 Å². The Kier molecular flexibility index (Phi) is 5.16. The second-order valence-electron chi connectivity index (χ2n) is 9.74. The van der Waals surface area contributed by atoms with Crippen LogP contribution in [0, 0.1) is 5.92 Å². The van der Waals surface area contributed by atoms with E-state index in [1.165, 1.54) is 5.57 Å². The van der Waals surface area contributed by atoms with Crippen molar-refractivity contribution < 1.29 is 19.4 Å². The topological polar surface area (TPSA) is 55.8 Å². The van der Waals surface area contributed by atoms with Crippen LogP contribution in [0.4, 0.5) is 0 Å². The van der Waals surface area contributed by atoms with Crippen molar-refractivity contribution in [2.75, 3.05) is 6.61 Å². The van der Waals surface area contributed by atoms with Gasteiger partial charge in [0.05, 0.1) is 12.0 Å². The summed E-state index contributed by atoms with van der Waals surface area (Å²) in [6, 6.07) is 3.83. The van der Waals surface area contributed by atoms with Gasteiger partial charge in [-0.15, -0.1) is 0 Å². The Morgan fingerprint density at radius 1 is 1.31 bits per heavy atom. The lowest BCUT2D eigenvalue weighted by atomic mass is 9.63. The molecule has 1 aliphatic heterocycles. The number of esters is 1. The normalized spacial score (nSPS) is 26.3. The van der Waals surface area contributed by atoms with Gasteiger partial charge < -0.3 is 14.6 Å². The van der Waals surface area contributed by atoms with Gasteiger partial charge in [-0.1, -0.05) is 31.4 Å². The number of ether oxygens (including phenoxy) is 2. The van der Waals surface area contributed by atoms with Crippen molar-refractivity contribution in [3.63, 3.8) is 0 Å². The number of fused-ring (bicyclic) bond motifs is 3. The number of allylic oxidation sites excluding steroid dienone is 2. The van der Waals surface area contributed by atoms with E-state index >= 15 is 0 Å². The molecule has 4 nitrogen and oxygen atoms in total. The number of carbonyl (C=O) groups is 1. The zero-order chi connectivity index (χ0) is 20.8. The van der Waals surface area contributed by atoms with Gasteiger partial charge in [0.25, 0.3) is 0 Å². The fourth-order valence-corrected chi connectivity index (χ4v) is 5.43. The van der Waals surface area contributed by atoms with Crippen LogP contribution in [0.5, 0.6) is 11.5 Å². The largest absolute Gasteiger partial charge is 0.508 e. The van der Waals surface area contributed by atoms with Crippen LogP contribution in [0.2, 0.25) is 0 Å². The molecule has 0 amide bonds. The van der Waals surface area contributed by atoms with E-state index in [1.54, 1.807) is 0 Å². The zero-order valence-corrected chi connectivity index (χ0v) is 18.2. The highest BCUT2D eigenvalue weighted by Crippen LogP contribution is 2.56. The molecular formula is C25H34O4. The molecule has 0 spiro atoms. The van der Waals surface area contributed by atoms with E-state index < -0.39 is 5.41 Å². The minimum atomic E-state index is -0.632. The molecule has 1 heterocycles. The molecule has 2 aliphatic carbocycles. The van der Waals surface area contributed by atoms with Crippen LogP contribution >= 0.6 is 0 Å². The molecule has 1 aromatic carbocycles. The van der Waals surface area contributed by atoms with Gasteiger partial charge in [-0.05, 0) is 70.6 Å². The number of phenols is 1. The lowest BCUT2D eigenvalue weighted by Crippen LogP contribution is -2.46. The van der Waals surface area contributed by atoms with Gasteiger partial charge in [0.1, 0.15) is 17.1 Å². The molecular weight excluding hydrogens is 364 g/mol. The van der Waals surface area contributed by atoms with Crippen LogP contribution in [0.15, 0.2) is 23.8 Å². The lowest BCUT2D eigenvalue weighted by Gasteiger charge is -2.48. The lowest BCUT2D eigenvalue weighted by molar-refractivity contribution is -0.154. The van der Waals surface area contributed by atoms with E-state index in [0.29, 0.717) is 12.5 Å². The summed E-state index contributed by atoms with van der Waals surface area (Å²) in [5.74, 6) is 1.45. The summed E-state index contributed by atoms with van der Waals surface area (Å²) in [6.07, 6.45) is 8.64. The number of phenolic OH excluding ortho intramolecular Hbond substituents is 1. The van der Waals surface area contributed by atoms with E-state index in [1.807, 2.05) is 12.1 Å². The highest BCUT2D eigenvalue weighted by Gasteiger charge is 2.50. The maximum Gasteiger partial charge on any atom is 0.316 e. The van der Waals surface area contributed by atoms with Crippen molar-refractivity contribution >= 4 is 5.97 Å². The fourth-order valence-electron chi connectivity index (χ4n) is 5.43. The van der Waals surface area contributed by atoms with Gasteiger partial charge in [0.15, 0.2) is 0 Å². The number of unbranched alkanes of at least 4 members (excludes halogenated alkanes) is 1. The number of hydrogen-bond acceptors (Lipinski definition) is 4. The first kappa shape index (κ1) is 20.3. The first-order valence-corrected chi connectivity index (χ1v) is 11.2. The summed E-state index contributed by atoms with van der Waals surface area (Å²) in [6.45, 7) is 9.00. The van der Waals surface area contributed by atoms with Crippen LogP contribution in [0.1, 0.15) is 89.7 Å². The standard InChI is InChI=1S/C25H34O4/c1-5-6-12-28-23(27)25(10-7-11-25)17-14-20(26)22-18-13-16(2)8-9-19(18)24(3,4)29-21(22)15-17/h8,14-15,18-19,26H,5-7,9-13H2,1-4H3/t18-,19?/m1/s1. The molecule has 3 aliphatic rings. The van der Waals surface area contributed by atoms with Crippen molar-refractivity contribution in [1.82, 2.24) is 0 Å². The van der Waals surface area contributed by atoms with Crippen LogP contribution in [0.3, 0.4) is 0 Å². The minimum absolute atomic E-state index is 0.152. The highest BCUT2D eigenvalue weighted by atomic mass is 16.5. The maximum absolute atomic E-state index is 12.9. The number of benzene rings is 1. The quantitative estimate of drug-likeness (QED) is 0.389. The summed E-state index contributed by atoms with van der Waals surface area (Å²) < 4.78 is 12.0. The van der Waals surface area contributed by atoms with Crippen molar-refractivity contribution in [2.24, 2.45) is 5.92 Å². The summed E-state index contributed by atoms with van der Waals surface area (Å²) in [5.41, 5.74) is 2.19. The smallest absolute Gasteiger partial charge is 0.316 e. The van der Waals surface area contributed by atoms with Crippen LogP contribution in [0.25, 0.3) is 0 Å². The van der Waals surface area contributed by atoms with Crippen LogP contribution in [-0.4, -0.2) is 23.3 Å². The predicted octanol–water partition coefficient (Wildman–Crippen LogP) is 5.77. The monoisotopic (exact) mass is 398 g/mol. The summed E-state index contributed by atoms with van der Waals surface area (Å²) in [5, 5.41) is 11.1. The molecule has 1 fully saturated rings. The summed E-state index contributed by atoms with van der Waals surface area (Å²) in [7, 11) is 0. The first-order valence-electron chi connectivity index (χ1n) is 11.2. The third-order valence-corrected chi connectivity index (χ3v) is 7.39. The number of aromatic hydroxyl groups is 1. The molecule has 29 heavy (non-hydrogen) atoms. The molecule has 4 heteroatoms. The number of rotatable bonds is 5. The number of hydrogen-bond donors (Lipinski definition) is 1. The molecule has 0 bridgehead atoms. The van der Waals surface area contributed by atoms with Crippen LogP contribution < -0.4 is 4.74 Å². The molecule has 0 saturated heterocycles. The Balaban J connectivity index is 1.71. The SMILES string of the molecule is CCCCOC(=O)C1(c2cc(O)c3c(c2)OC(C)(C)C2CC=C(C)C[C@@H]32)CCC1. The minimum Gasteiger partial charge on any atom is -0.508 e. The molecule has 1 saturated carbocycles. The third kappa shape index (κ3) is 3.35. The zero-order valence-electron chi connectivity index (χ0n) is 18.2. The Morgan fingerprint density at radius 2 is 2.07 bits per heavy atom. The molecule has 1 unspecified atom stereocenters. The second-order valence-corrected chi connectivity index (χ2v) is 9.74. The second kappa shape index (κ2) is 7.37. The van der Waals surface area contributed by atoms with Crippen molar-refractivity contribution in [2.45, 2.75) is 89.6 Å². The van der Waals surface area contributed by atoms with Crippen molar-refractivity contribution in [3.8, 4) is 11.5 Å². The van der Waals surface area contributed by atoms with E-state index in [-0.39, 0.29) is 23.2 Å². The first-order chi connectivity index (χ1) is 13.8. The fraction of sp³-hybridized carbons (Fsp3) is 0.640. The Labute approximate surface area is 174 Å². The Hall–Kier alpha value is -1.97. The highest BCUT2D eigenvalue weighted by molar-refractivity contribution is 5.85. The summed E-state index contributed by atoms with van der Waals surface area (Å²) in [4.78, 5) is 12.9. The van der Waals surface area contributed by atoms with E-state index in [0.717, 1.165) is 61.8 Å². The molecule has 158 valence electrons. The molecule has 0 aromatic heterocycles. The molecule has 1 N–H and O–H groups in total. The number of carbonyl (C=O) groups excluding carboxylic acids is 1. The van der Waals surface area contributed by atoms with Gasteiger partial charge >= 0.3 is 5.97 Å². The van der Waals surface area contributed by atoms with Gasteiger partial charge in [0, 0.05) is 17.4 Å². The van der Waals surface area contributed by atoms with E-state index in [2.05, 4.69) is 33.8 Å². The maximum atomic E-state index is 12.9. The van der Waals surface area contributed by atoms with Crippen LogP contribution in [-0.2, 0) is 14.9 Å². The van der Waals surface area contributed by atoms with Gasteiger partial charge in [-0.3, -0.25) is 4.79 Å². The summed E-state index contributed by atoms with van der Waals surface area (Å²) >= 11 is 0. The average Bonchev–Trinajstić information content (AvgIpc) is 2.59. The molecule has 0 radical (unpaired) electrons. The average molecular weight is 399 g/mol.